The number of hydrogen-bond acceptors (Lipinski definition) is 3. The predicted molar refractivity (Wildman–Crippen MR) is 79.5 cm³/mol. The van der Waals surface area contributed by atoms with Crippen molar-refractivity contribution in [2.45, 2.75) is 44.0 Å². The van der Waals surface area contributed by atoms with Crippen LogP contribution in [0.25, 0.3) is 0 Å². The Hall–Kier alpha value is -0.620. The molecule has 0 saturated carbocycles. The third-order valence-corrected chi connectivity index (χ3v) is 6.33. The van der Waals surface area contributed by atoms with Gasteiger partial charge in [0.15, 0.2) is 0 Å². The number of aliphatic hydroxyl groups is 1. The average molecular weight is 318 g/mol. The van der Waals surface area contributed by atoms with E-state index in [1.165, 1.54) is 4.31 Å². The van der Waals surface area contributed by atoms with E-state index in [4.69, 9.17) is 11.6 Å². The van der Waals surface area contributed by atoms with Gasteiger partial charge in [0.2, 0.25) is 10.0 Å². The van der Waals surface area contributed by atoms with Gasteiger partial charge in [-0.2, -0.15) is 4.31 Å². The molecular formula is C14H20ClNO3S. The van der Waals surface area contributed by atoms with Gasteiger partial charge in [-0.05, 0) is 49.9 Å². The molecule has 1 heterocycles. The molecule has 1 atom stereocenters. The van der Waals surface area contributed by atoms with Crippen LogP contribution < -0.4 is 0 Å². The summed E-state index contributed by atoms with van der Waals surface area (Å²) in [6.45, 7) is 3.87. The fraction of sp³-hybridized carbons (Fsp3) is 0.571. The molecule has 20 heavy (non-hydrogen) atoms. The first-order valence-electron chi connectivity index (χ1n) is 6.77. The molecule has 1 fully saturated rings. The predicted octanol–water partition coefficient (Wildman–Crippen LogP) is 2.49. The minimum absolute atomic E-state index is 0.134. The zero-order valence-electron chi connectivity index (χ0n) is 11.8. The lowest BCUT2D eigenvalue weighted by molar-refractivity contribution is 0.155. The molecule has 6 heteroatoms. The van der Waals surface area contributed by atoms with E-state index in [1.807, 2.05) is 0 Å². The van der Waals surface area contributed by atoms with Gasteiger partial charge >= 0.3 is 0 Å². The molecule has 4 nitrogen and oxygen atoms in total. The summed E-state index contributed by atoms with van der Waals surface area (Å²) in [5, 5.41) is 9.98. The highest BCUT2D eigenvalue weighted by Crippen LogP contribution is 2.30. The number of nitrogens with zero attached hydrogens (tertiary/aromatic N) is 1. The maximum atomic E-state index is 12.8. The molecule has 1 aromatic rings. The normalized spacial score (nSPS) is 21.1. The van der Waals surface area contributed by atoms with Crippen molar-refractivity contribution in [2.24, 2.45) is 0 Å². The lowest BCUT2D eigenvalue weighted by atomic mass is 10.1. The standard InChI is InChI=1S/C14H20ClNO3S/c1-10-8-14(11(2)7-13(10)15)20(18,19)16-6-4-3-5-12(16)9-17/h7-8,12,17H,3-6,9H2,1-2H3. The van der Waals surface area contributed by atoms with E-state index in [1.54, 1.807) is 26.0 Å². The molecule has 1 aliphatic heterocycles. The third kappa shape index (κ3) is 2.86. The van der Waals surface area contributed by atoms with Crippen LogP contribution in [0.4, 0.5) is 0 Å². The van der Waals surface area contributed by atoms with Crippen molar-refractivity contribution >= 4 is 21.6 Å². The van der Waals surface area contributed by atoms with E-state index in [0.29, 0.717) is 28.4 Å². The van der Waals surface area contributed by atoms with Gasteiger partial charge in [0.05, 0.1) is 11.5 Å². The topological polar surface area (TPSA) is 57.6 Å². The van der Waals surface area contributed by atoms with Crippen LogP contribution >= 0.6 is 11.6 Å². The monoisotopic (exact) mass is 317 g/mol. The van der Waals surface area contributed by atoms with Crippen LogP contribution in [0.15, 0.2) is 17.0 Å². The minimum Gasteiger partial charge on any atom is -0.395 e. The Kier molecular flexibility index (Phi) is 4.74. The van der Waals surface area contributed by atoms with Crippen molar-refractivity contribution in [2.75, 3.05) is 13.2 Å². The maximum absolute atomic E-state index is 12.8. The molecule has 1 N–H and O–H groups in total. The van der Waals surface area contributed by atoms with Crippen LogP contribution in [0.3, 0.4) is 0 Å². The number of aliphatic hydroxyl groups excluding tert-OH is 1. The van der Waals surface area contributed by atoms with E-state index < -0.39 is 10.0 Å². The van der Waals surface area contributed by atoms with Gasteiger partial charge < -0.3 is 5.11 Å². The molecule has 112 valence electrons. The van der Waals surface area contributed by atoms with Gasteiger partial charge in [-0.15, -0.1) is 0 Å². The van der Waals surface area contributed by atoms with Crippen LogP contribution in [0.5, 0.6) is 0 Å². The van der Waals surface area contributed by atoms with Crippen molar-refractivity contribution < 1.29 is 13.5 Å². The van der Waals surface area contributed by atoms with E-state index in [-0.39, 0.29) is 12.6 Å². The first kappa shape index (κ1) is 15.8. The largest absolute Gasteiger partial charge is 0.395 e. The number of piperidine rings is 1. The summed E-state index contributed by atoms with van der Waals surface area (Å²) in [7, 11) is -3.58. The fourth-order valence-corrected chi connectivity index (χ4v) is 4.83. The molecule has 1 aromatic carbocycles. The van der Waals surface area contributed by atoms with Crippen molar-refractivity contribution in [1.82, 2.24) is 4.31 Å². The van der Waals surface area contributed by atoms with Gasteiger partial charge in [-0.25, -0.2) is 8.42 Å². The SMILES string of the molecule is Cc1cc(S(=O)(=O)N2CCCCC2CO)c(C)cc1Cl. The third-order valence-electron chi connectivity index (χ3n) is 3.83. The number of sulfonamides is 1. The molecule has 0 spiro atoms. The second-order valence-corrected chi connectivity index (χ2v) is 7.58. The van der Waals surface area contributed by atoms with E-state index >= 15 is 0 Å². The maximum Gasteiger partial charge on any atom is 0.243 e. The van der Waals surface area contributed by atoms with E-state index in [0.717, 1.165) is 18.4 Å². The second kappa shape index (κ2) is 6.02. The molecular weight excluding hydrogens is 298 g/mol. The molecule has 0 aromatic heterocycles. The van der Waals surface area contributed by atoms with Crippen LogP contribution in [-0.4, -0.2) is 37.0 Å². The second-order valence-electron chi connectivity index (χ2n) is 5.31. The zero-order valence-corrected chi connectivity index (χ0v) is 13.3. The number of hydrogen-bond donors (Lipinski definition) is 1. The molecule has 2 rings (SSSR count). The van der Waals surface area contributed by atoms with Crippen molar-refractivity contribution in [3.8, 4) is 0 Å². The Morgan fingerprint density at radius 2 is 2.00 bits per heavy atom. The van der Waals surface area contributed by atoms with Gasteiger partial charge in [0.1, 0.15) is 0 Å². The van der Waals surface area contributed by atoms with Crippen LogP contribution in [0.1, 0.15) is 30.4 Å². The number of halogens is 1. The Bertz CT molecular complexity index is 601. The summed E-state index contributed by atoms with van der Waals surface area (Å²) in [5.41, 5.74) is 1.39. The smallest absolute Gasteiger partial charge is 0.243 e. The van der Waals surface area contributed by atoms with Gasteiger partial charge in [-0.1, -0.05) is 18.0 Å². The summed E-state index contributed by atoms with van der Waals surface area (Å²) in [6, 6.07) is 2.99. The average Bonchev–Trinajstić information content (AvgIpc) is 2.42. The van der Waals surface area contributed by atoms with E-state index in [9.17, 15) is 13.5 Å². The summed E-state index contributed by atoms with van der Waals surface area (Å²) in [4.78, 5) is 0.291. The van der Waals surface area contributed by atoms with Crippen molar-refractivity contribution in [3.63, 3.8) is 0 Å². The summed E-state index contributed by atoms with van der Waals surface area (Å²) in [6.07, 6.45) is 2.50. The summed E-state index contributed by atoms with van der Waals surface area (Å²) < 4.78 is 27.1. The van der Waals surface area contributed by atoms with Gasteiger partial charge in [0.25, 0.3) is 0 Å². The molecule has 1 unspecified atom stereocenters. The molecule has 0 radical (unpaired) electrons. The fourth-order valence-electron chi connectivity index (χ4n) is 2.63. The van der Waals surface area contributed by atoms with Crippen LogP contribution in [-0.2, 0) is 10.0 Å². The first-order chi connectivity index (χ1) is 9.37. The Labute approximate surface area is 125 Å². The quantitative estimate of drug-likeness (QED) is 0.932. The summed E-state index contributed by atoms with van der Waals surface area (Å²) >= 11 is 6.03. The molecule has 0 aliphatic carbocycles. The first-order valence-corrected chi connectivity index (χ1v) is 8.59. The van der Waals surface area contributed by atoms with Crippen LogP contribution in [0.2, 0.25) is 5.02 Å². The highest BCUT2D eigenvalue weighted by molar-refractivity contribution is 7.89. The number of benzene rings is 1. The van der Waals surface area contributed by atoms with Gasteiger partial charge in [-0.3, -0.25) is 0 Å². The van der Waals surface area contributed by atoms with Crippen LogP contribution in [0, 0.1) is 13.8 Å². The highest BCUT2D eigenvalue weighted by atomic mass is 35.5. The molecule has 1 aliphatic rings. The number of aryl methyl sites for hydroxylation is 2. The summed E-state index contributed by atoms with van der Waals surface area (Å²) in [5.74, 6) is 0. The zero-order chi connectivity index (χ0) is 14.9. The van der Waals surface area contributed by atoms with E-state index in [2.05, 4.69) is 0 Å². The minimum atomic E-state index is -3.58. The van der Waals surface area contributed by atoms with Gasteiger partial charge in [0, 0.05) is 17.6 Å². The Balaban J connectivity index is 2.46. The van der Waals surface area contributed by atoms with Crippen molar-refractivity contribution in [3.05, 3.63) is 28.3 Å². The molecule has 1 saturated heterocycles. The Morgan fingerprint density at radius 3 is 2.65 bits per heavy atom. The number of rotatable bonds is 3. The molecule has 0 amide bonds. The molecule has 0 bridgehead atoms. The highest BCUT2D eigenvalue weighted by Gasteiger charge is 2.34. The lowest BCUT2D eigenvalue weighted by Crippen LogP contribution is -2.45. The lowest BCUT2D eigenvalue weighted by Gasteiger charge is -2.34. The van der Waals surface area contributed by atoms with Crippen molar-refractivity contribution in [1.29, 1.82) is 0 Å². The Morgan fingerprint density at radius 1 is 1.30 bits per heavy atom.